The molecule has 21 heavy (non-hydrogen) atoms. The molecule has 2 rings (SSSR count). The van der Waals surface area contributed by atoms with Crippen LogP contribution in [0.4, 0.5) is 4.79 Å². The van der Waals surface area contributed by atoms with Gasteiger partial charge in [-0.05, 0) is 24.7 Å². The van der Waals surface area contributed by atoms with Gasteiger partial charge < -0.3 is 10.1 Å². The monoisotopic (exact) mass is 281 g/mol. The van der Waals surface area contributed by atoms with Crippen molar-refractivity contribution in [1.82, 2.24) is 5.32 Å². The lowest BCUT2D eigenvalue weighted by molar-refractivity contribution is 0.0841. The lowest BCUT2D eigenvalue weighted by Gasteiger charge is -2.27. The molecule has 0 unspecified atom stereocenters. The molecule has 1 saturated carbocycles. The van der Waals surface area contributed by atoms with Crippen molar-refractivity contribution in [3.05, 3.63) is 35.9 Å². The van der Waals surface area contributed by atoms with Crippen molar-refractivity contribution < 1.29 is 9.53 Å². The number of ether oxygens (including phenoxy) is 1. The molecule has 1 fully saturated rings. The van der Waals surface area contributed by atoms with Gasteiger partial charge in [0.05, 0.1) is 0 Å². The van der Waals surface area contributed by atoms with Gasteiger partial charge in [0.1, 0.15) is 0 Å². The van der Waals surface area contributed by atoms with Crippen molar-refractivity contribution in [1.29, 1.82) is 0 Å². The fraction of sp³-hybridized carbons (Fsp3) is 0.389. The second-order valence-electron chi connectivity index (χ2n) is 5.20. The van der Waals surface area contributed by atoms with Crippen LogP contribution in [0.3, 0.4) is 0 Å². The highest BCUT2D eigenvalue weighted by Gasteiger charge is 2.33. The number of terminal acetylenes is 2. The lowest BCUT2D eigenvalue weighted by atomic mass is 9.95. The molecule has 0 aliphatic heterocycles. The standard InChI is InChI=1S/C18H19NO2/c1-3-18(4-2,15-11-7-5-8-12-15)21-17(20)19-16-13-9-6-10-14-16/h1-2,5,7-8,11-12,16H,6,9-10,13-14H2,(H,19,20). The number of amides is 1. The van der Waals surface area contributed by atoms with E-state index in [-0.39, 0.29) is 6.04 Å². The summed E-state index contributed by atoms with van der Waals surface area (Å²) in [7, 11) is 0. The fourth-order valence-electron chi connectivity index (χ4n) is 2.58. The van der Waals surface area contributed by atoms with Crippen LogP contribution in [0.5, 0.6) is 0 Å². The molecule has 3 nitrogen and oxygen atoms in total. The maximum absolute atomic E-state index is 12.1. The average molecular weight is 281 g/mol. The molecular weight excluding hydrogens is 262 g/mol. The van der Waals surface area contributed by atoms with Gasteiger partial charge in [-0.25, -0.2) is 4.79 Å². The first kappa shape index (κ1) is 15.0. The van der Waals surface area contributed by atoms with Crippen LogP contribution in [0.1, 0.15) is 37.7 Å². The fourth-order valence-corrected chi connectivity index (χ4v) is 2.58. The predicted molar refractivity (Wildman–Crippen MR) is 82.3 cm³/mol. The van der Waals surface area contributed by atoms with Gasteiger partial charge in [0.25, 0.3) is 5.60 Å². The van der Waals surface area contributed by atoms with E-state index in [1.54, 1.807) is 24.3 Å². The largest absolute Gasteiger partial charge is 0.414 e. The number of hydrogen-bond donors (Lipinski definition) is 1. The number of carbonyl (C=O) groups excluding carboxylic acids is 1. The molecule has 1 aromatic rings. The van der Waals surface area contributed by atoms with Crippen LogP contribution in [0.15, 0.2) is 30.3 Å². The summed E-state index contributed by atoms with van der Waals surface area (Å²) >= 11 is 0. The third kappa shape index (κ3) is 3.58. The van der Waals surface area contributed by atoms with Crippen LogP contribution >= 0.6 is 0 Å². The van der Waals surface area contributed by atoms with Crippen molar-refractivity contribution in [2.75, 3.05) is 0 Å². The highest BCUT2D eigenvalue weighted by atomic mass is 16.6. The second-order valence-corrected chi connectivity index (χ2v) is 5.20. The van der Waals surface area contributed by atoms with Gasteiger partial charge in [-0.15, -0.1) is 12.8 Å². The SMILES string of the molecule is C#CC(C#C)(OC(=O)NC1CCCCC1)c1ccccc1. The smallest absolute Gasteiger partial charge is 0.409 e. The van der Waals surface area contributed by atoms with Crippen molar-refractivity contribution >= 4 is 6.09 Å². The summed E-state index contributed by atoms with van der Waals surface area (Å²) < 4.78 is 5.40. The van der Waals surface area contributed by atoms with Gasteiger partial charge in [-0.1, -0.05) is 49.6 Å². The zero-order chi connectivity index (χ0) is 15.1. The van der Waals surface area contributed by atoms with Crippen LogP contribution < -0.4 is 5.32 Å². The van der Waals surface area contributed by atoms with Crippen LogP contribution in [-0.4, -0.2) is 12.1 Å². The summed E-state index contributed by atoms with van der Waals surface area (Å²) in [5.41, 5.74) is -0.853. The molecule has 0 heterocycles. The van der Waals surface area contributed by atoms with Crippen LogP contribution in [0.25, 0.3) is 0 Å². The van der Waals surface area contributed by atoms with E-state index in [9.17, 15) is 4.79 Å². The molecule has 0 bridgehead atoms. The molecule has 1 aliphatic rings. The topological polar surface area (TPSA) is 38.3 Å². The van der Waals surface area contributed by atoms with Crippen LogP contribution in [0, 0.1) is 24.7 Å². The maximum Gasteiger partial charge on any atom is 0.409 e. The first-order valence-corrected chi connectivity index (χ1v) is 7.21. The van der Waals surface area contributed by atoms with Gasteiger partial charge in [0, 0.05) is 11.6 Å². The Kier molecular flexibility index (Phi) is 4.90. The first-order chi connectivity index (χ1) is 10.2. The normalized spacial score (nSPS) is 15.5. The predicted octanol–water partition coefficient (Wildman–Crippen LogP) is 3.21. The molecule has 0 atom stereocenters. The van der Waals surface area contributed by atoms with E-state index in [1.165, 1.54) is 6.42 Å². The Balaban J connectivity index is 2.08. The van der Waals surface area contributed by atoms with Crippen molar-refractivity contribution in [2.45, 2.75) is 43.7 Å². The van der Waals surface area contributed by atoms with E-state index < -0.39 is 11.7 Å². The van der Waals surface area contributed by atoms with Crippen molar-refractivity contribution in [3.8, 4) is 24.7 Å². The highest BCUT2D eigenvalue weighted by molar-refractivity contribution is 5.70. The Morgan fingerprint density at radius 2 is 1.76 bits per heavy atom. The third-order valence-electron chi connectivity index (χ3n) is 3.76. The number of rotatable bonds is 3. The molecule has 0 radical (unpaired) electrons. The minimum Gasteiger partial charge on any atom is -0.414 e. The molecule has 108 valence electrons. The van der Waals surface area contributed by atoms with Crippen molar-refractivity contribution in [2.24, 2.45) is 0 Å². The van der Waals surface area contributed by atoms with E-state index in [2.05, 4.69) is 17.2 Å². The summed E-state index contributed by atoms with van der Waals surface area (Å²) in [5, 5.41) is 2.86. The lowest BCUT2D eigenvalue weighted by Crippen LogP contribution is -2.41. The molecule has 1 aliphatic carbocycles. The molecule has 3 heteroatoms. The van der Waals surface area contributed by atoms with Crippen molar-refractivity contribution in [3.63, 3.8) is 0 Å². The summed E-state index contributed by atoms with van der Waals surface area (Å²) in [5.74, 6) is 4.86. The van der Waals surface area contributed by atoms with Gasteiger partial charge in [0.2, 0.25) is 0 Å². The Morgan fingerprint density at radius 3 is 2.33 bits per heavy atom. The quantitative estimate of drug-likeness (QED) is 0.864. The Bertz CT molecular complexity index is 545. The summed E-state index contributed by atoms with van der Waals surface area (Å²) in [6.07, 6.45) is 15.9. The van der Waals surface area contributed by atoms with E-state index >= 15 is 0 Å². The molecule has 1 amide bonds. The second kappa shape index (κ2) is 6.86. The van der Waals surface area contributed by atoms with Gasteiger partial charge in [0.15, 0.2) is 0 Å². The summed E-state index contributed by atoms with van der Waals surface area (Å²) in [4.78, 5) is 12.1. The zero-order valence-corrected chi connectivity index (χ0v) is 12.0. The molecule has 1 N–H and O–H groups in total. The van der Waals surface area contributed by atoms with Gasteiger partial charge in [-0.3, -0.25) is 0 Å². The average Bonchev–Trinajstić information content (AvgIpc) is 2.54. The number of nitrogens with one attached hydrogen (secondary N) is 1. The van der Waals surface area contributed by atoms with E-state index in [1.807, 2.05) is 6.07 Å². The number of alkyl carbamates (subject to hydrolysis) is 1. The van der Waals surface area contributed by atoms with Crippen LogP contribution in [-0.2, 0) is 10.3 Å². The Labute approximate surface area is 126 Å². The van der Waals surface area contributed by atoms with E-state index in [0.717, 1.165) is 25.7 Å². The molecule has 0 spiro atoms. The third-order valence-corrected chi connectivity index (χ3v) is 3.76. The molecular formula is C18H19NO2. The molecule has 0 saturated heterocycles. The number of carbonyl (C=O) groups is 1. The van der Waals surface area contributed by atoms with Crippen LogP contribution in [0.2, 0.25) is 0 Å². The highest BCUT2D eigenvalue weighted by Crippen LogP contribution is 2.25. The summed E-state index contributed by atoms with van der Waals surface area (Å²) in [6.45, 7) is 0. The number of benzene rings is 1. The van der Waals surface area contributed by atoms with Gasteiger partial charge >= 0.3 is 6.09 Å². The van der Waals surface area contributed by atoms with Gasteiger partial charge in [-0.2, -0.15) is 0 Å². The van der Waals surface area contributed by atoms with E-state index in [4.69, 9.17) is 17.6 Å². The Hall–Kier alpha value is -2.39. The first-order valence-electron chi connectivity index (χ1n) is 7.21. The number of hydrogen-bond acceptors (Lipinski definition) is 2. The Morgan fingerprint density at radius 1 is 1.14 bits per heavy atom. The molecule has 0 aromatic heterocycles. The summed E-state index contributed by atoms with van der Waals surface area (Å²) in [6, 6.07) is 9.13. The molecule has 1 aromatic carbocycles. The minimum atomic E-state index is -1.46. The zero-order valence-electron chi connectivity index (χ0n) is 12.0. The van der Waals surface area contributed by atoms with E-state index in [0.29, 0.717) is 5.56 Å². The minimum absolute atomic E-state index is 0.148. The maximum atomic E-state index is 12.1.